The molecule has 1 unspecified atom stereocenters. The zero-order chi connectivity index (χ0) is 23.8. The van der Waals surface area contributed by atoms with Gasteiger partial charge in [0, 0.05) is 17.8 Å². The van der Waals surface area contributed by atoms with E-state index in [9.17, 15) is 9.90 Å². The van der Waals surface area contributed by atoms with E-state index in [-0.39, 0.29) is 24.5 Å². The molecule has 1 aromatic heterocycles. The van der Waals surface area contributed by atoms with Crippen molar-refractivity contribution < 1.29 is 33.6 Å². The number of esters is 1. The lowest BCUT2D eigenvalue weighted by atomic mass is 9.99. The number of rotatable bonds is 10. The number of methoxy groups -OCH3 is 3. The van der Waals surface area contributed by atoms with Gasteiger partial charge in [0.25, 0.3) is 0 Å². The van der Waals surface area contributed by atoms with Gasteiger partial charge < -0.3 is 28.8 Å². The van der Waals surface area contributed by atoms with Crippen molar-refractivity contribution in [3.8, 4) is 23.1 Å². The van der Waals surface area contributed by atoms with Crippen molar-refractivity contribution >= 4 is 5.97 Å². The summed E-state index contributed by atoms with van der Waals surface area (Å²) in [6.45, 7) is 1.71. The van der Waals surface area contributed by atoms with Crippen LogP contribution in [0.25, 0.3) is 0 Å². The average Bonchev–Trinajstić information content (AvgIpc) is 2.86. The molecule has 0 aliphatic carbocycles. The molecule has 8 heteroatoms. The van der Waals surface area contributed by atoms with Gasteiger partial charge in [-0.2, -0.15) is 0 Å². The SMILES string of the molecule is COC(=O)c1cc(OC)c(OCc2ccccc2)c(OCC(C)(O)c2ccc(OC)nc2)c1. The molecular formula is C25H27NO7. The van der Waals surface area contributed by atoms with Crippen LogP contribution >= 0.6 is 0 Å². The summed E-state index contributed by atoms with van der Waals surface area (Å²) in [5.41, 5.74) is 0.317. The molecule has 0 saturated carbocycles. The number of carbonyl (C=O) groups excluding carboxylic acids is 1. The molecule has 0 radical (unpaired) electrons. The summed E-state index contributed by atoms with van der Waals surface area (Å²) >= 11 is 0. The fourth-order valence-electron chi connectivity index (χ4n) is 3.06. The Labute approximate surface area is 192 Å². The van der Waals surface area contributed by atoms with Crippen LogP contribution in [0, 0.1) is 0 Å². The van der Waals surface area contributed by atoms with Crippen LogP contribution in [0.2, 0.25) is 0 Å². The van der Waals surface area contributed by atoms with Crippen LogP contribution in [0.4, 0.5) is 0 Å². The predicted molar refractivity (Wildman–Crippen MR) is 121 cm³/mol. The summed E-state index contributed by atoms with van der Waals surface area (Å²) in [6, 6.07) is 16.0. The van der Waals surface area contributed by atoms with Gasteiger partial charge in [-0.25, -0.2) is 9.78 Å². The highest BCUT2D eigenvalue weighted by Crippen LogP contribution is 2.40. The van der Waals surface area contributed by atoms with Crippen molar-refractivity contribution in [1.82, 2.24) is 4.98 Å². The molecule has 8 nitrogen and oxygen atoms in total. The van der Waals surface area contributed by atoms with Gasteiger partial charge in [0.1, 0.15) is 18.8 Å². The topological polar surface area (TPSA) is 96.3 Å². The number of nitrogens with zero attached hydrogens (tertiary/aromatic N) is 1. The van der Waals surface area contributed by atoms with Crippen molar-refractivity contribution in [2.75, 3.05) is 27.9 Å². The number of ether oxygens (including phenoxy) is 5. The molecule has 3 rings (SSSR count). The first-order chi connectivity index (χ1) is 15.9. The van der Waals surface area contributed by atoms with Gasteiger partial charge in [0.05, 0.1) is 26.9 Å². The Morgan fingerprint density at radius 1 is 0.970 bits per heavy atom. The molecule has 0 spiro atoms. The first-order valence-corrected chi connectivity index (χ1v) is 10.2. The highest BCUT2D eigenvalue weighted by atomic mass is 16.5. The quantitative estimate of drug-likeness (QED) is 0.464. The second-order valence-electron chi connectivity index (χ2n) is 7.42. The lowest BCUT2D eigenvalue weighted by Gasteiger charge is -2.25. The number of aromatic nitrogens is 1. The predicted octanol–water partition coefficient (Wildman–Crippen LogP) is 3.75. The molecule has 1 N–H and O–H groups in total. The number of pyridine rings is 1. The first-order valence-electron chi connectivity index (χ1n) is 10.2. The molecule has 0 fully saturated rings. The maximum atomic E-state index is 12.2. The Balaban J connectivity index is 1.90. The zero-order valence-corrected chi connectivity index (χ0v) is 19.0. The third kappa shape index (κ3) is 5.93. The van der Waals surface area contributed by atoms with Crippen LogP contribution < -0.4 is 18.9 Å². The summed E-state index contributed by atoms with van der Waals surface area (Å²) in [6.07, 6.45) is 1.51. The van der Waals surface area contributed by atoms with Gasteiger partial charge in [-0.15, -0.1) is 0 Å². The molecule has 174 valence electrons. The van der Waals surface area contributed by atoms with E-state index in [1.165, 1.54) is 39.7 Å². The summed E-state index contributed by atoms with van der Waals surface area (Å²) < 4.78 is 27.3. The van der Waals surface area contributed by atoms with Crippen molar-refractivity contribution in [2.45, 2.75) is 19.1 Å². The minimum absolute atomic E-state index is 0.142. The summed E-state index contributed by atoms with van der Waals surface area (Å²) in [7, 11) is 4.27. The highest BCUT2D eigenvalue weighted by molar-refractivity contribution is 5.91. The molecule has 0 amide bonds. The standard InChI is InChI=1S/C25H27NO7/c1-25(28,19-10-11-22(30-3)26-14-19)16-33-21-13-18(24(27)31-4)12-20(29-2)23(21)32-15-17-8-6-5-7-9-17/h5-14,28H,15-16H2,1-4H3. The Morgan fingerprint density at radius 3 is 2.30 bits per heavy atom. The third-order valence-electron chi connectivity index (χ3n) is 4.96. The summed E-state index contributed by atoms with van der Waals surface area (Å²) in [4.78, 5) is 16.3. The summed E-state index contributed by atoms with van der Waals surface area (Å²) in [5.74, 6) is 0.709. The number of aliphatic hydroxyl groups is 1. The van der Waals surface area contributed by atoms with Gasteiger partial charge >= 0.3 is 5.97 Å². The van der Waals surface area contributed by atoms with Gasteiger partial charge in [-0.1, -0.05) is 30.3 Å². The highest BCUT2D eigenvalue weighted by Gasteiger charge is 2.27. The Kier molecular flexibility index (Phi) is 7.74. The lowest BCUT2D eigenvalue weighted by Crippen LogP contribution is -2.29. The maximum absolute atomic E-state index is 12.2. The van der Waals surface area contributed by atoms with Crippen molar-refractivity contribution in [3.63, 3.8) is 0 Å². The fraction of sp³-hybridized carbons (Fsp3) is 0.280. The Bertz CT molecular complexity index is 1070. The van der Waals surface area contributed by atoms with E-state index in [2.05, 4.69) is 4.98 Å². The second-order valence-corrected chi connectivity index (χ2v) is 7.42. The molecule has 2 aromatic carbocycles. The van der Waals surface area contributed by atoms with Crippen molar-refractivity contribution in [2.24, 2.45) is 0 Å². The van der Waals surface area contributed by atoms with Gasteiger partial charge in [0.15, 0.2) is 11.5 Å². The van der Waals surface area contributed by atoms with Crippen molar-refractivity contribution in [3.05, 3.63) is 77.5 Å². The van der Waals surface area contributed by atoms with Gasteiger partial charge in [0.2, 0.25) is 11.6 Å². The van der Waals surface area contributed by atoms with Crippen LogP contribution in [-0.4, -0.2) is 44.0 Å². The minimum Gasteiger partial charge on any atom is -0.493 e. The average molecular weight is 453 g/mol. The Morgan fingerprint density at radius 2 is 1.70 bits per heavy atom. The van der Waals surface area contributed by atoms with E-state index in [4.69, 9.17) is 23.7 Å². The number of hydrogen-bond donors (Lipinski definition) is 1. The molecule has 0 aliphatic heterocycles. The largest absolute Gasteiger partial charge is 0.493 e. The van der Waals surface area contributed by atoms with Crippen LogP contribution in [0.3, 0.4) is 0 Å². The molecule has 3 aromatic rings. The number of hydrogen-bond acceptors (Lipinski definition) is 8. The smallest absolute Gasteiger partial charge is 0.338 e. The van der Waals surface area contributed by atoms with E-state index < -0.39 is 11.6 Å². The summed E-state index contributed by atoms with van der Waals surface area (Å²) in [5, 5.41) is 11.0. The normalized spacial score (nSPS) is 12.4. The van der Waals surface area contributed by atoms with E-state index in [1.54, 1.807) is 19.1 Å². The van der Waals surface area contributed by atoms with Crippen LogP contribution in [0.15, 0.2) is 60.8 Å². The van der Waals surface area contributed by atoms with Crippen LogP contribution in [0.1, 0.15) is 28.4 Å². The number of carbonyl (C=O) groups is 1. The zero-order valence-electron chi connectivity index (χ0n) is 19.0. The van der Waals surface area contributed by atoms with E-state index >= 15 is 0 Å². The molecule has 33 heavy (non-hydrogen) atoms. The minimum atomic E-state index is -1.38. The molecule has 0 bridgehead atoms. The van der Waals surface area contributed by atoms with Crippen LogP contribution in [-0.2, 0) is 16.9 Å². The molecular weight excluding hydrogens is 426 g/mol. The molecule has 0 aliphatic rings. The molecule has 1 heterocycles. The third-order valence-corrected chi connectivity index (χ3v) is 4.96. The molecule has 1 atom stereocenters. The lowest BCUT2D eigenvalue weighted by molar-refractivity contribution is 0.00611. The van der Waals surface area contributed by atoms with E-state index in [1.807, 2.05) is 30.3 Å². The van der Waals surface area contributed by atoms with E-state index in [0.29, 0.717) is 22.9 Å². The first kappa shape index (κ1) is 23.9. The second kappa shape index (κ2) is 10.7. The van der Waals surface area contributed by atoms with E-state index in [0.717, 1.165) is 5.56 Å². The van der Waals surface area contributed by atoms with Gasteiger partial charge in [-0.05, 0) is 30.7 Å². The van der Waals surface area contributed by atoms with Crippen LogP contribution in [0.5, 0.6) is 23.1 Å². The molecule has 0 saturated heterocycles. The van der Waals surface area contributed by atoms with Crippen molar-refractivity contribution in [1.29, 1.82) is 0 Å². The fourth-order valence-corrected chi connectivity index (χ4v) is 3.06. The Hall–Kier alpha value is -3.78. The van der Waals surface area contributed by atoms with Gasteiger partial charge in [-0.3, -0.25) is 0 Å². The monoisotopic (exact) mass is 453 g/mol. The number of benzene rings is 2. The maximum Gasteiger partial charge on any atom is 0.338 e.